The maximum Gasteiger partial charge on any atom is 0.231 e. The topological polar surface area (TPSA) is 67.4 Å². The summed E-state index contributed by atoms with van der Waals surface area (Å²) in [7, 11) is 3.86. The minimum atomic E-state index is 0.296. The minimum Gasteiger partial charge on any atom is -0.454 e. The second-order valence-electron chi connectivity index (χ2n) is 5.96. The highest BCUT2D eigenvalue weighted by atomic mass is 16.7. The summed E-state index contributed by atoms with van der Waals surface area (Å²) in [6.45, 7) is 7.41. The zero-order valence-electron chi connectivity index (χ0n) is 15.5. The molecule has 0 saturated heterocycles. The lowest BCUT2D eigenvalue weighted by molar-refractivity contribution is 0.174. The SMILES string of the molecule is CCNC(=NCc1ccc2c(c1)OCO2)NCCN(C)CCCOC. The van der Waals surface area contributed by atoms with Gasteiger partial charge in [0.05, 0.1) is 6.54 Å². The van der Waals surface area contributed by atoms with Crippen molar-refractivity contribution in [1.82, 2.24) is 15.5 Å². The Hall–Kier alpha value is -1.99. The average molecular weight is 350 g/mol. The van der Waals surface area contributed by atoms with Crippen molar-refractivity contribution in [2.45, 2.75) is 19.9 Å². The summed E-state index contributed by atoms with van der Waals surface area (Å²) in [4.78, 5) is 6.93. The van der Waals surface area contributed by atoms with Crippen LogP contribution in [0.2, 0.25) is 0 Å². The monoisotopic (exact) mass is 350 g/mol. The molecule has 7 nitrogen and oxygen atoms in total. The number of hydrogen-bond acceptors (Lipinski definition) is 5. The molecule has 0 aliphatic carbocycles. The number of fused-ring (bicyclic) bond motifs is 1. The van der Waals surface area contributed by atoms with Crippen molar-refractivity contribution in [2.24, 2.45) is 4.99 Å². The molecule has 1 aromatic carbocycles. The van der Waals surface area contributed by atoms with Crippen LogP contribution >= 0.6 is 0 Å². The van der Waals surface area contributed by atoms with Crippen LogP contribution in [-0.4, -0.2) is 64.6 Å². The molecule has 0 bridgehead atoms. The summed E-state index contributed by atoms with van der Waals surface area (Å²) in [5, 5.41) is 6.65. The summed E-state index contributed by atoms with van der Waals surface area (Å²) >= 11 is 0. The van der Waals surface area contributed by atoms with Crippen LogP contribution in [0.5, 0.6) is 11.5 Å². The number of guanidine groups is 1. The number of nitrogens with zero attached hydrogens (tertiary/aromatic N) is 2. The quantitative estimate of drug-likeness (QED) is 0.378. The number of ether oxygens (including phenoxy) is 3. The van der Waals surface area contributed by atoms with E-state index in [2.05, 4.69) is 34.5 Å². The van der Waals surface area contributed by atoms with E-state index in [0.29, 0.717) is 13.3 Å². The second-order valence-corrected chi connectivity index (χ2v) is 5.96. The lowest BCUT2D eigenvalue weighted by Gasteiger charge is -2.18. The van der Waals surface area contributed by atoms with Gasteiger partial charge < -0.3 is 29.7 Å². The van der Waals surface area contributed by atoms with Gasteiger partial charge in [0.2, 0.25) is 6.79 Å². The molecular weight excluding hydrogens is 320 g/mol. The van der Waals surface area contributed by atoms with Crippen molar-refractivity contribution in [1.29, 1.82) is 0 Å². The smallest absolute Gasteiger partial charge is 0.231 e. The summed E-state index contributed by atoms with van der Waals surface area (Å²) < 4.78 is 15.8. The van der Waals surface area contributed by atoms with Crippen molar-refractivity contribution in [3.8, 4) is 11.5 Å². The molecule has 0 amide bonds. The van der Waals surface area contributed by atoms with E-state index in [1.54, 1.807) is 7.11 Å². The molecule has 0 fully saturated rings. The zero-order valence-corrected chi connectivity index (χ0v) is 15.5. The third-order valence-corrected chi connectivity index (χ3v) is 3.88. The average Bonchev–Trinajstić information content (AvgIpc) is 3.07. The van der Waals surface area contributed by atoms with Crippen LogP contribution in [0.25, 0.3) is 0 Å². The van der Waals surface area contributed by atoms with Crippen molar-refractivity contribution in [3.63, 3.8) is 0 Å². The molecule has 0 saturated carbocycles. The highest BCUT2D eigenvalue weighted by Gasteiger charge is 2.12. The number of hydrogen-bond donors (Lipinski definition) is 2. The molecule has 0 aromatic heterocycles. The van der Waals surface area contributed by atoms with E-state index in [-0.39, 0.29) is 0 Å². The molecular formula is C18H30N4O3. The van der Waals surface area contributed by atoms with E-state index in [9.17, 15) is 0 Å². The molecule has 1 aromatic rings. The normalized spacial score (nSPS) is 13.4. The van der Waals surface area contributed by atoms with Crippen molar-refractivity contribution >= 4 is 5.96 Å². The van der Waals surface area contributed by atoms with Crippen molar-refractivity contribution < 1.29 is 14.2 Å². The summed E-state index contributed by atoms with van der Waals surface area (Å²) in [5.74, 6) is 2.42. The van der Waals surface area contributed by atoms with E-state index in [0.717, 1.165) is 62.2 Å². The fraction of sp³-hybridized carbons (Fsp3) is 0.611. The van der Waals surface area contributed by atoms with Gasteiger partial charge in [0.15, 0.2) is 17.5 Å². The Labute approximate surface area is 150 Å². The van der Waals surface area contributed by atoms with Crippen LogP contribution in [0.15, 0.2) is 23.2 Å². The van der Waals surface area contributed by atoms with Crippen LogP contribution in [-0.2, 0) is 11.3 Å². The van der Waals surface area contributed by atoms with Crippen LogP contribution in [0.4, 0.5) is 0 Å². The molecule has 0 radical (unpaired) electrons. The molecule has 0 spiro atoms. The summed E-state index contributed by atoms with van der Waals surface area (Å²) in [5.41, 5.74) is 1.10. The van der Waals surface area contributed by atoms with Gasteiger partial charge in [0.1, 0.15) is 0 Å². The Morgan fingerprint density at radius 1 is 1.24 bits per heavy atom. The first-order valence-corrected chi connectivity index (χ1v) is 8.81. The number of benzene rings is 1. The number of methoxy groups -OCH3 is 1. The first kappa shape index (κ1) is 19.3. The van der Waals surface area contributed by atoms with E-state index >= 15 is 0 Å². The third-order valence-electron chi connectivity index (χ3n) is 3.88. The predicted molar refractivity (Wildman–Crippen MR) is 99.4 cm³/mol. The molecule has 0 atom stereocenters. The number of aliphatic imine (C=N–C) groups is 1. The zero-order chi connectivity index (χ0) is 17.9. The second kappa shape index (κ2) is 10.8. The molecule has 0 unspecified atom stereocenters. The van der Waals surface area contributed by atoms with Gasteiger partial charge in [-0.3, -0.25) is 0 Å². The van der Waals surface area contributed by atoms with Gasteiger partial charge in [-0.1, -0.05) is 6.07 Å². The number of likely N-dealkylation sites (N-methyl/N-ethyl adjacent to an activating group) is 1. The van der Waals surface area contributed by atoms with Crippen LogP contribution in [0.1, 0.15) is 18.9 Å². The van der Waals surface area contributed by atoms with Crippen LogP contribution < -0.4 is 20.1 Å². The maximum atomic E-state index is 5.41. The Morgan fingerprint density at radius 2 is 2.08 bits per heavy atom. The highest BCUT2D eigenvalue weighted by Crippen LogP contribution is 2.32. The lowest BCUT2D eigenvalue weighted by Crippen LogP contribution is -2.41. The first-order chi connectivity index (χ1) is 12.2. The van der Waals surface area contributed by atoms with Crippen molar-refractivity contribution in [2.75, 3.05) is 53.7 Å². The van der Waals surface area contributed by atoms with E-state index < -0.39 is 0 Å². The minimum absolute atomic E-state index is 0.296. The fourth-order valence-electron chi connectivity index (χ4n) is 2.51. The van der Waals surface area contributed by atoms with Gasteiger partial charge in [0, 0.05) is 39.9 Å². The van der Waals surface area contributed by atoms with Gasteiger partial charge in [0.25, 0.3) is 0 Å². The molecule has 2 N–H and O–H groups in total. The standard InChI is InChI=1S/C18H30N4O3/c1-4-19-18(20-8-10-22(2)9-5-11-23-3)21-13-15-6-7-16-17(12-15)25-14-24-16/h6-7,12H,4-5,8-11,13-14H2,1-3H3,(H2,19,20,21). The Morgan fingerprint density at radius 3 is 2.88 bits per heavy atom. The molecule has 7 heteroatoms. The maximum absolute atomic E-state index is 5.41. The van der Waals surface area contributed by atoms with Crippen LogP contribution in [0, 0.1) is 0 Å². The Balaban J connectivity index is 1.78. The fourth-order valence-corrected chi connectivity index (χ4v) is 2.51. The third kappa shape index (κ3) is 6.80. The Bertz CT molecular complexity index is 551. The van der Waals surface area contributed by atoms with Crippen molar-refractivity contribution in [3.05, 3.63) is 23.8 Å². The molecule has 25 heavy (non-hydrogen) atoms. The molecule has 1 heterocycles. The molecule has 1 aliphatic heterocycles. The lowest BCUT2D eigenvalue weighted by atomic mass is 10.2. The highest BCUT2D eigenvalue weighted by molar-refractivity contribution is 5.79. The van der Waals surface area contributed by atoms with Gasteiger partial charge in [-0.25, -0.2) is 4.99 Å². The molecule has 140 valence electrons. The molecule has 1 aliphatic rings. The predicted octanol–water partition coefficient (Wildman–Crippen LogP) is 1.44. The Kier molecular flexibility index (Phi) is 8.34. The van der Waals surface area contributed by atoms with E-state index in [1.165, 1.54) is 0 Å². The van der Waals surface area contributed by atoms with E-state index in [1.807, 2.05) is 18.2 Å². The van der Waals surface area contributed by atoms with Gasteiger partial charge in [-0.15, -0.1) is 0 Å². The number of rotatable bonds is 10. The summed E-state index contributed by atoms with van der Waals surface area (Å²) in [6, 6.07) is 5.94. The van der Waals surface area contributed by atoms with E-state index in [4.69, 9.17) is 14.2 Å². The number of nitrogens with one attached hydrogen (secondary N) is 2. The summed E-state index contributed by atoms with van der Waals surface area (Å²) in [6.07, 6.45) is 1.05. The largest absolute Gasteiger partial charge is 0.454 e. The van der Waals surface area contributed by atoms with Crippen LogP contribution in [0.3, 0.4) is 0 Å². The first-order valence-electron chi connectivity index (χ1n) is 8.81. The van der Waals surface area contributed by atoms with Gasteiger partial charge in [-0.05, 0) is 38.1 Å². The van der Waals surface area contributed by atoms with Gasteiger partial charge >= 0.3 is 0 Å². The molecule has 2 rings (SSSR count). The van der Waals surface area contributed by atoms with Gasteiger partial charge in [-0.2, -0.15) is 0 Å².